The Hall–Kier alpha value is -2.02. The van der Waals surface area contributed by atoms with Crippen LogP contribution in [0.2, 0.25) is 0 Å². The highest BCUT2D eigenvalue weighted by Crippen LogP contribution is 2.34. The highest BCUT2D eigenvalue weighted by Gasteiger charge is 2.34. The van der Waals surface area contributed by atoms with Crippen molar-refractivity contribution in [2.45, 2.75) is 32.6 Å². The maximum absolute atomic E-state index is 11.7. The normalized spacial score (nSPS) is 13.9. The van der Waals surface area contributed by atoms with E-state index in [0.717, 1.165) is 16.8 Å². The molecule has 0 aliphatic heterocycles. The van der Waals surface area contributed by atoms with Crippen molar-refractivity contribution in [2.24, 2.45) is 5.92 Å². The fraction of sp³-hybridized carbons (Fsp3) is 0.412. The van der Waals surface area contributed by atoms with E-state index in [2.05, 4.69) is 15.9 Å². The molecule has 0 aromatic heterocycles. The Morgan fingerprint density at radius 1 is 1.33 bits per heavy atom. The number of ether oxygens (including phenoxy) is 1. The number of esters is 1. The molecule has 1 aromatic rings. The van der Waals surface area contributed by atoms with Crippen molar-refractivity contribution in [2.75, 3.05) is 6.61 Å². The number of hydrogen-bond donors (Lipinski definition) is 0. The Morgan fingerprint density at radius 3 is 2.42 bits per heavy atom. The van der Waals surface area contributed by atoms with E-state index in [1.807, 2.05) is 6.92 Å². The molecule has 0 heterocycles. The molecule has 1 aromatic carbocycles. The molecular formula is C17H20BrNO5. The van der Waals surface area contributed by atoms with Gasteiger partial charge >= 0.3 is 5.97 Å². The Morgan fingerprint density at radius 2 is 1.96 bits per heavy atom. The van der Waals surface area contributed by atoms with E-state index in [9.17, 15) is 19.7 Å². The molecule has 2 atom stereocenters. The van der Waals surface area contributed by atoms with Crippen LogP contribution < -0.4 is 0 Å². The summed E-state index contributed by atoms with van der Waals surface area (Å²) in [5.41, 5.74) is 0.275. The molecule has 0 spiro atoms. The third-order valence-corrected chi connectivity index (χ3v) is 4.06. The highest BCUT2D eigenvalue weighted by molar-refractivity contribution is 9.10. The summed E-state index contributed by atoms with van der Waals surface area (Å²) < 4.78 is 5.61. The number of halogens is 1. The van der Waals surface area contributed by atoms with Gasteiger partial charge in [-0.1, -0.05) is 41.4 Å². The predicted molar refractivity (Wildman–Crippen MR) is 93.1 cm³/mol. The number of allylic oxidation sites excluding steroid dienone is 1. The van der Waals surface area contributed by atoms with Gasteiger partial charge < -0.3 is 9.53 Å². The van der Waals surface area contributed by atoms with Gasteiger partial charge in [-0.05, 0) is 31.0 Å². The summed E-state index contributed by atoms with van der Waals surface area (Å²) in [5.74, 6) is -2.19. The van der Waals surface area contributed by atoms with Gasteiger partial charge in [-0.3, -0.25) is 10.1 Å². The molecule has 130 valence electrons. The largest absolute Gasteiger partial charge is 0.463 e. The van der Waals surface area contributed by atoms with E-state index >= 15 is 0 Å². The van der Waals surface area contributed by atoms with Crippen molar-refractivity contribution in [3.8, 4) is 0 Å². The summed E-state index contributed by atoms with van der Waals surface area (Å²) in [5, 5.41) is 11.5. The fourth-order valence-electron chi connectivity index (χ4n) is 2.51. The van der Waals surface area contributed by atoms with Crippen LogP contribution in [-0.2, 0) is 14.3 Å². The minimum atomic E-state index is -0.810. The summed E-state index contributed by atoms with van der Waals surface area (Å²) in [6.07, 6.45) is 2.78. The van der Waals surface area contributed by atoms with E-state index in [0.29, 0.717) is 18.4 Å². The summed E-state index contributed by atoms with van der Waals surface area (Å²) in [7, 11) is 0. The molecule has 24 heavy (non-hydrogen) atoms. The number of benzene rings is 1. The minimum absolute atomic E-state index is 0.120. The summed E-state index contributed by atoms with van der Waals surface area (Å²) in [6.45, 7) is 3.64. The number of hydrogen-bond acceptors (Lipinski definition) is 5. The number of carbonyl (C=O) groups excluding carboxylic acids is 2. The van der Waals surface area contributed by atoms with Gasteiger partial charge in [0.05, 0.1) is 23.5 Å². The van der Waals surface area contributed by atoms with Crippen molar-refractivity contribution < 1.29 is 19.2 Å². The predicted octanol–water partition coefficient (Wildman–Crippen LogP) is 3.87. The molecule has 0 fully saturated rings. The lowest BCUT2D eigenvalue weighted by molar-refractivity contribution is -0.431. The second-order valence-electron chi connectivity index (χ2n) is 5.20. The smallest absolute Gasteiger partial charge is 0.337 e. The number of nitro groups is 1. The minimum Gasteiger partial charge on any atom is -0.463 e. The molecule has 0 bridgehead atoms. The van der Waals surface area contributed by atoms with E-state index in [-0.39, 0.29) is 12.3 Å². The van der Waals surface area contributed by atoms with Gasteiger partial charge in [0.25, 0.3) is 5.70 Å². The van der Waals surface area contributed by atoms with Crippen LogP contribution in [0.4, 0.5) is 0 Å². The first kappa shape index (κ1) is 20.0. The topological polar surface area (TPSA) is 86.5 Å². The molecule has 1 rings (SSSR count). The standard InChI is InChI=1S/C17H20BrNO5/c1-3-5-13(11-20)17(12-6-8-14(18)9-7-12)15(19(22)23)10-16(21)24-4-2/h6-11,13,17H,3-5H2,1-2H3/b15-10-/t13-,17+/m0/s1. The molecule has 0 amide bonds. The van der Waals surface area contributed by atoms with Crippen molar-refractivity contribution in [1.29, 1.82) is 0 Å². The van der Waals surface area contributed by atoms with Crippen LogP contribution in [0.3, 0.4) is 0 Å². The van der Waals surface area contributed by atoms with Gasteiger partial charge in [-0.15, -0.1) is 0 Å². The SMILES string of the molecule is CCC[C@@H](C=O)[C@H](/C(=C/C(=O)OCC)[N+](=O)[O-])c1ccc(Br)cc1. The highest BCUT2D eigenvalue weighted by atomic mass is 79.9. The van der Waals surface area contributed by atoms with Crippen LogP contribution >= 0.6 is 15.9 Å². The van der Waals surface area contributed by atoms with Crippen LogP contribution in [0.5, 0.6) is 0 Å². The molecule has 0 saturated carbocycles. The van der Waals surface area contributed by atoms with Crippen molar-refractivity contribution in [1.82, 2.24) is 0 Å². The van der Waals surface area contributed by atoms with Crippen LogP contribution in [0, 0.1) is 16.0 Å². The zero-order chi connectivity index (χ0) is 18.1. The monoisotopic (exact) mass is 397 g/mol. The maximum Gasteiger partial charge on any atom is 0.337 e. The number of aldehydes is 1. The Kier molecular flexibility index (Phi) is 8.32. The maximum atomic E-state index is 11.7. The first-order valence-corrected chi connectivity index (χ1v) is 8.47. The van der Waals surface area contributed by atoms with Gasteiger partial charge in [0.1, 0.15) is 6.29 Å². The zero-order valence-electron chi connectivity index (χ0n) is 13.6. The van der Waals surface area contributed by atoms with Crippen LogP contribution in [0.15, 0.2) is 40.5 Å². The molecule has 6 nitrogen and oxygen atoms in total. The molecule has 0 N–H and O–H groups in total. The van der Waals surface area contributed by atoms with E-state index in [1.54, 1.807) is 31.2 Å². The van der Waals surface area contributed by atoms with Gasteiger partial charge in [0.15, 0.2) is 0 Å². The van der Waals surface area contributed by atoms with Crippen LogP contribution in [-0.4, -0.2) is 23.8 Å². The molecule has 0 saturated heterocycles. The average Bonchev–Trinajstić information content (AvgIpc) is 2.54. The van der Waals surface area contributed by atoms with Gasteiger partial charge in [-0.2, -0.15) is 0 Å². The first-order chi connectivity index (χ1) is 11.4. The van der Waals surface area contributed by atoms with E-state index in [4.69, 9.17) is 4.74 Å². The second kappa shape index (κ2) is 9.97. The van der Waals surface area contributed by atoms with E-state index < -0.39 is 22.7 Å². The lowest BCUT2D eigenvalue weighted by Crippen LogP contribution is -2.22. The molecule has 0 aliphatic carbocycles. The lowest BCUT2D eigenvalue weighted by Gasteiger charge is -2.21. The number of carbonyl (C=O) groups is 2. The Bertz CT molecular complexity index is 612. The third-order valence-electron chi connectivity index (χ3n) is 3.54. The summed E-state index contributed by atoms with van der Waals surface area (Å²) in [6, 6.07) is 6.92. The number of rotatable bonds is 9. The lowest BCUT2D eigenvalue weighted by atomic mass is 9.81. The molecule has 0 unspecified atom stereocenters. The molecule has 0 radical (unpaired) electrons. The van der Waals surface area contributed by atoms with Gasteiger partial charge in [0.2, 0.25) is 0 Å². The van der Waals surface area contributed by atoms with Crippen molar-refractivity contribution >= 4 is 28.2 Å². The van der Waals surface area contributed by atoms with Crippen LogP contribution in [0.25, 0.3) is 0 Å². The van der Waals surface area contributed by atoms with Crippen molar-refractivity contribution in [3.63, 3.8) is 0 Å². The molecule has 7 heteroatoms. The van der Waals surface area contributed by atoms with Crippen LogP contribution in [0.1, 0.15) is 38.2 Å². The molecule has 0 aliphatic rings. The average molecular weight is 398 g/mol. The Labute approximate surface area is 149 Å². The summed E-state index contributed by atoms with van der Waals surface area (Å²) in [4.78, 5) is 34.2. The Balaban J connectivity index is 3.41. The van der Waals surface area contributed by atoms with Gasteiger partial charge in [0, 0.05) is 10.4 Å². The number of nitrogens with zero attached hydrogens (tertiary/aromatic N) is 1. The fourth-order valence-corrected chi connectivity index (χ4v) is 2.78. The van der Waals surface area contributed by atoms with E-state index in [1.165, 1.54) is 0 Å². The third kappa shape index (κ3) is 5.56. The first-order valence-electron chi connectivity index (χ1n) is 7.68. The summed E-state index contributed by atoms with van der Waals surface area (Å²) >= 11 is 3.31. The second-order valence-corrected chi connectivity index (χ2v) is 6.11. The quantitative estimate of drug-likeness (QED) is 0.207. The van der Waals surface area contributed by atoms with Crippen molar-refractivity contribution in [3.05, 3.63) is 56.2 Å². The zero-order valence-corrected chi connectivity index (χ0v) is 15.2. The molecular weight excluding hydrogens is 378 g/mol. The van der Waals surface area contributed by atoms with Gasteiger partial charge in [-0.25, -0.2) is 4.79 Å².